The van der Waals surface area contributed by atoms with Crippen LogP contribution < -0.4 is 5.32 Å². The van der Waals surface area contributed by atoms with Crippen molar-refractivity contribution in [2.45, 2.75) is 64.7 Å². The lowest BCUT2D eigenvalue weighted by atomic mass is 9.70. The fourth-order valence-corrected chi connectivity index (χ4v) is 4.78. The number of nitrogens with zero attached hydrogens (tertiary/aromatic N) is 1. The molecule has 1 saturated carbocycles. The molecule has 0 aromatic heterocycles. The molecule has 0 amide bonds. The molecular weight excluding hydrogens is 264 g/mol. The maximum atomic E-state index is 3.74. The van der Waals surface area contributed by atoms with Gasteiger partial charge in [-0.15, -0.1) is 0 Å². The molecule has 2 nitrogen and oxygen atoms in total. The highest BCUT2D eigenvalue weighted by Gasteiger charge is 2.36. The minimum Gasteiger partial charge on any atom is -0.314 e. The smallest absolute Gasteiger partial charge is 0.0147 e. The van der Waals surface area contributed by atoms with E-state index in [0.29, 0.717) is 11.5 Å². The second kappa shape index (κ2) is 7.51. The molecule has 1 aliphatic heterocycles. The second-order valence-corrected chi connectivity index (χ2v) is 9.18. The van der Waals surface area contributed by atoms with Crippen LogP contribution in [-0.4, -0.2) is 48.1 Å². The SMILES string of the molecule is CC1CCC(CNC(C)C)(CN2CCSC(C)C2)CC1. The first-order valence-electron chi connectivity index (χ1n) is 8.56. The van der Waals surface area contributed by atoms with E-state index in [9.17, 15) is 0 Å². The molecule has 1 aliphatic carbocycles. The van der Waals surface area contributed by atoms with Crippen LogP contribution in [0.1, 0.15) is 53.4 Å². The van der Waals surface area contributed by atoms with E-state index in [1.165, 1.54) is 57.6 Å². The molecule has 1 saturated heterocycles. The predicted octanol–water partition coefficient (Wildman–Crippen LogP) is 3.62. The summed E-state index contributed by atoms with van der Waals surface area (Å²) < 4.78 is 0. The van der Waals surface area contributed by atoms with Crippen molar-refractivity contribution in [1.29, 1.82) is 0 Å². The highest BCUT2D eigenvalue weighted by Crippen LogP contribution is 2.39. The highest BCUT2D eigenvalue weighted by molar-refractivity contribution is 7.99. The third-order valence-electron chi connectivity index (χ3n) is 5.10. The Morgan fingerprint density at radius 2 is 1.95 bits per heavy atom. The Bertz CT molecular complexity index is 285. The van der Waals surface area contributed by atoms with E-state index in [2.05, 4.69) is 49.7 Å². The maximum absolute atomic E-state index is 3.74. The molecule has 1 heterocycles. The van der Waals surface area contributed by atoms with Crippen LogP contribution in [0.3, 0.4) is 0 Å². The fraction of sp³-hybridized carbons (Fsp3) is 1.00. The van der Waals surface area contributed by atoms with E-state index in [4.69, 9.17) is 0 Å². The summed E-state index contributed by atoms with van der Waals surface area (Å²) >= 11 is 2.14. The van der Waals surface area contributed by atoms with Crippen LogP contribution in [0, 0.1) is 11.3 Å². The van der Waals surface area contributed by atoms with Crippen LogP contribution >= 0.6 is 11.8 Å². The molecular formula is C17H34N2S. The van der Waals surface area contributed by atoms with Gasteiger partial charge in [-0.1, -0.05) is 40.5 Å². The summed E-state index contributed by atoms with van der Waals surface area (Å²) in [7, 11) is 0. The third-order valence-corrected chi connectivity index (χ3v) is 6.24. The lowest BCUT2D eigenvalue weighted by Gasteiger charge is -2.45. The average Bonchev–Trinajstić information content (AvgIpc) is 2.40. The van der Waals surface area contributed by atoms with E-state index in [-0.39, 0.29) is 0 Å². The van der Waals surface area contributed by atoms with Gasteiger partial charge in [0, 0.05) is 43.2 Å². The van der Waals surface area contributed by atoms with Crippen LogP contribution in [0.5, 0.6) is 0 Å². The summed E-state index contributed by atoms with van der Waals surface area (Å²) in [6.45, 7) is 14.5. The zero-order chi connectivity index (χ0) is 14.6. The molecule has 2 fully saturated rings. The number of rotatable bonds is 5. The Morgan fingerprint density at radius 3 is 2.55 bits per heavy atom. The van der Waals surface area contributed by atoms with E-state index in [1.807, 2.05) is 0 Å². The van der Waals surface area contributed by atoms with Crippen molar-refractivity contribution in [3.63, 3.8) is 0 Å². The first kappa shape index (κ1) is 16.6. The molecule has 118 valence electrons. The van der Waals surface area contributed by atoms with E-state index in [0.717, 1.165) is 11.2 Å². The summed E-state index contributed by atoms with van der Waals surface area (Å²) in [5.41, 5.74) is 0.540. The van der Waals surface area contributed by atoms with Gasteiger partial charge in [0.1, 0.15) is 0 Å². The van der Waals surface area contributed by atoms with Crippen molar-refractivity contribution in [3.8, 4) is 0 Å². The molecule has 3 heteroatoms. The minimum atomic E-state index is 0.540. The molecule has 0 aromatic carbocycles. The van der Waals surface area contributed by atoms with E-state index in [1.54, 1.807) is 0 Å². The Hall–Kier alpha value is 0.270. The number of hydrogen-bond acceptors (Lipinski definition) is 3. The monoisotopic (exact) mass is 298 g/mol. The molecule has 0 radical (unpaired) electrons. The molecule has 0 bridgehead atoms. The van der Waals surface area contributed by atoms with Gasteiger partial charge in [-0.3, -0.25) is 0 Å². The first-order valence-corrected chi connectivity index (χ1v) is 9.61. The fourth-order valence-electron chi connectivity index (χ4n) is 3.69. The van der Waals surface area contributed by atoms with Gasteiger partial charge in [0.05, 0.1) is 0 Å². The number of nitrogens with one attached hydrogen (secondary N) is 1. The first-order chi connectivity index (χ1) is 9.49. The van der Waals surface area contributed by atoms with Crippen molar-refractivity contribution in [2.24, 2.45) is 11.3 Å². The minimum absolute atomic E-state index is 0.540. The molecule has 20 heavy (non-hydrogen) atoms. The lowest BCUT2D eigenvalue weighted by Crippen LogP contribution is -2.50. The Balaban J connectivity index is 1.94. The Morgan fingerprint density at radius 1 is 1.25 bits per heavy atom. The van der Waals surface area contributed by atoms with Gasteiger partial charge >= 0.3 is 0 Å². The molecule has 1 N–H and O–H groups in total. The van der Waals surface area contributed by atoms with Gasteiger partial charge < -0.3 is 10.2 Å². The summed E-state index contributed by atoms with van der Waals surface area (Å²) in [6.07, 6.45) is 5.70. The molecule has 2 rings (SSSR count). The van der Waals surface area contributed by atoms with Gasteiger partial charge in [-0.05, 0) is 24.2 Å². The van der Waals surface area contributed by atoms with Crippen LogP contribution in [0.15, 0.2) is 0 Å². The van der Waals surface area contributed by atoms with Crippen molar-refractivity contribution in [3.05, 3.63) is 0 Å². The van der Waals surface area contributed by atoms with Gasteiger partial charge in [-0.25, -0.2) is 0 Å². The highest BCUT2D eigenvalue weighted by atomic mass is 32.2. The summed E-state index contributed by atoms with van der Waals surface area (Å²) in [5, 5.41) is 4.56. The topological polar surface area (TPSA) is 15.3 Å². The van der Waals surface area contributed by atoms with E-state index < -0.39 is 0 Å². The second-order valence-electron chi connectivity index (χ2n) is 7.63. The van der Waals surface area contributed by atoms with Crippen LogP contribution in [0.25, 0.3) is 0 Å². The molecule has 0 aromatic rings. The van der Waals surface area contributed by atoms with Crippen molar-refractivity contribution < 1.29 is 0 Å². The summed E-state index contributed by atoms with van der Waals surface area (Å²) in [4.78, 5) is 2.75. The van der Waals surface area contributed by atoms with Crippen molar-refractivity contribution in [1.82, 2.24) is 10.2 Å². The third kappa shape index (κ3) is 4.92. The molecule has 2 aliphatic rings. The molecule has 1 atom stereocenters. The zero-order valence-electron chi connectivity index (χ0n) is 14.0. The zero-order valence-corrected chi connectivity index (χ0v) is 14.8. The van der Waals surface area contributed by atoms with Gasteiger partial charge in [0.25, 0.3) is 0 Å². The lowest BCUT2D eigenvalue weighted by molar-refractivity contribution is 0.0865. The molecule has 0 spiro atoms. The van der Waals surface area contributed by atoms with Gasteiger partial charge in [-0.2, -0.15) is 11.8 Å². The van der Waals surface area contributed by atoms with Crippen LogP contribution in [-0.2, 0) is 0 Å². The molecule has 1 unspecified atom stereocenters. The van der Waals surface area contributed by atoms with Crippen LogP contribution in [0.4, 0.5) is 0 Å². The Kier molecular flexibility index (Phi) is 6.25. The van der Waals surface area contributed by atoms with Gasteiger partial charge in [0.2, 0.25) is 0 Å². The normalized spacial score (nSPS) is 36.5. The Labute approximate surface area is 130 Å². The van der Waals surface area contributed by atoms with Crippen molar-refractivity contribution >= 4 is 11.8 Å². The van der Waals surface area contributed by atoms with Crippen LogP contribution in [0.2, 0.25) is 0 Å². The average molecular weight is 299 g/mol. The number of thioether (sulfide) groups is 1. The predicted molar refractivity (Wildman–Crippen MR) is 91.6 cm³/mol. The standard InChI is InChI=1S/C17H34N2S/c1-14(2)18-12-17(7-5-15(3)6-8-17)13-19-9-10-20-16(4)11-19/h14-16,18H,5-13H2,1-4H3. The largest absolute Gasteiger partial charge is 0.314 e. The summed E-state index contributed by atoms with van der Waals surface area (Å²) in [5.74, 6) is 2.27. The number of hydrogen-bond donors (Lipinski definition) is 1. The maximum Gasteiger partial charge on any atom is 0.0147 e. The van der Waals surface area contributed by atoms with Gasteiger partial charge in [0.15, 0.2) is 0 Å². The van der Waals surface area contributed by atoms with E-state index >= 15 is 0 Å². The summed E-state index contributed by atoms with van der Waals surface area (Å²) in [6, 6.07) is 0.613. The quantitative estimate of drug-likeness (QED) is 0.834. The van der Waals surface area contributed by atoms with Crippen molar-refractivity contribution in [2.75, 3.05) is 31.9 Å².